The summed E-state index contributed by atoms with van der Waals surface area (Å²) in [7, 11) is 1.58. The molecule has 1 unspecified atom stereocenters. The van der Waals surface area contributed by atoms with Gasteiger partial charge in [-0.15, -0.1) is 0 Å². The summed E-state index contributed by atoms with van der Waals surface area (Å²) in [4.78, 5) is 11.7. The van der Waals surface area contributed by atoms with Gasteiger partial charge in [0.1, 0.15) is 12.6 Å². The van der Waals surface area contributed by atoms with Crippen molar-refractivity contribution in [3.8, 4) is 11.5 Å². The lowest BCUT2D eigenvalue weighted by atomic mass is 10.1. The average Bonchev–Trinajstić information content (AvgIpc) is 2.62. The number of rotatable bonds is 8. The largest absolute Gasteiger partial charge is 0.493 e. The zero-order valence-electron chi connectivity index (χ0n) is 14.3. The molecule has 2 aromatic rings. The molecule has 6 heteroatoms. The Balaban J connectivity index is 2.12. The molecule has 1 atom stereocenters. The van der Waals surface area contributed by atoms with Crippen LogP contribution in [0.2, 0.25) is 0 Å². The SMILES string of the molecule is CCOC(=O)C(N)Cc1cc(OC)c(OCc2ccccc2)cc1Br. The van der Waals surface area contributed by atoms with E-state index in [4.69, 9.17) is 19.9 Å². The van der Waals surface area contributed by atoms with E-state index in [-0.39, 0.29) is 0 Å². The number of hydrogen-bond acceptors (Lipinski definition) is 5. The minimum Gasteiger partial charge on any atom is -0.493 e. The van der Waals surface area contributed by atoms with Crippen molar-refractivity contribution in [2.24, 2.45) is 5.73 Å². The van der Waals surface area contributed by atoms with Crippen molar-refractivity contribution in [1.29, 1.82) is 0 Å². The summed E-state index contributed by atoms with van der Waals surface area (Å²) in [5, 5.41) is 0. The van der Waals surface area contributed by atoms with Crippen molar-refractivity contribution in [3.63, 3.8) is 0 Å². The molecule has 134 valence electrons. The lowest BCUT2D eigenvalue weighted by molar-refractivity contribution is -0.144. The van der Waals surface area contributed by atoms with E-state index in [1.165, 1.54) is 0 Å². The van der Waals surface area contributed by atoms with Gasteiger partial charge in [0, 0.05) is 4.47 Å². The second kappa shape index (κ2) is 9.44. The molecule has 0 amide bonds. The molecule has 5 nitrogen and oxygen atoms in total. The van der Waals surface area contributed by atoms with Gasteiger partial charge in [-0.3, -0.25) is 4.79 Å². The summed E-state index contributed by atoms with van der Waals surface area (Å²) in [6, 6.07) is 12.8. The molecule has 0 heterocycles. The smallest absolute Gasteiger partial charge is 0.323 e. The maximum absolute atomic E-state index is 11.7. The standard InChI is InChI=1S/C19H22BrNO4/c1-3-24-19(22)16(21)9-14-10-17(23-2)18(11-15(14)20)25-12-13-7-5-4-6-8-13/h4-8,10-11,16H,3,9,12,21H2,1-2H3. The van der Waals surface area contributed by atoms with Crippen molar-refractivity contribution in [1.82, 2.24) is 0 Å². The van der Waals surface area contributed by atoms with Crippen LogP contribution in [0.15, 0.2) is 46.9 Å². The second-order valence-corrected chi connectivity index (χ2v) is 6.29. The number of halogens is 1. The van der Waals surface area contributed by atoms with Crippen LogP contribution in [-0.2, 0) is 22.6 Å². The molecule has 0 spiro atoms. The molecule has 2 N–H and O–H groups in total. The van der Waals surface area contributed by atoms with E-state index in [9.17, 15) is 4.79 Å². The molecule has 0 fully saturated rings. The van der Waals surface area contributed by atoms with Crippen LogP contribution < -0.4 is 15.2 Å². The highest BCUT2D eigenvalue weighted by Crippen LogP contribution is 2.34. The Bertz CT molecular complexity index is 706. The summed E-state index contributed by atoms with van der Waals surface area (Å²) >= 11 is 3.51. The van der Waals surface area contributed by atoms with Crippen LogP contribution >= 0.6 is 15.9 Å². The van der Waals surface area contributed by atoms with Crippen molar-refractivity contribution in [2.75, 3.05) is 13.7 Å². The minimum atomic E-state index is -0.725. The minimum absolute atomic E-state index is 0.309. The van der Waals surface area contributed by atoms with Crippen LogP contribution in [0.1, 0.15) is 18.1 Å². The van der Waals surface area contributed by atoms with Crippen molar-refractivity contribution in [2.45, 2.75) is 26.0 Å². The van der Waals surface area contributed by atoms with E-state index in [0.29, 0.717) is 31.1 Å². The van der Waals surface area contributed by atoms with Crippen LogP contribution in [-0.4, -0.2) is 25.7 Å². The van der Waals surface area contributed by atoms with Crippen molar-refractivity contribution < 1.29 is 19.0 Å². The topological polar surface area (TPSA) is 70.8 Å². The molecule has 2 aromatic carbocycles. The summed E-state index contributed by atoms with van der Waals surface area (Å²) in [5.74, 6) is 0.787. The summed E-state index contributed by atoms with van der Waals surface area (Å²) < 4.78 is 17.0. The number of benzene rings is 2. The molecule has 0 radical (unpaired) electrons. The average molecular weight is 408 g/mol. The molecular formula is C19H22BrNO4. The third kappa shape index (κ3) is 5.47. The number of methoxy groups -OCH3 is 1. The van der Waals surface area contributed by atoms with Crippen LogP contribution in [0.4, 0.5) is 0 Å². The second-order valence-electron chi connectivity index (χ2n) is 5.43. The fourth-order valence-electron chi connectivity index (χ4n) is 2.31. The molecule has 25 heavy (non-hydrogen) atoms. The monoisotopic (exact) mass is 407 g/mol. The van der Waals surface area contributed by atoms with E-state index < -0.39 is 12.0 Å². The van der Waals surface area contributed by atoms with Gasteiger partial charge < -0.3 is 19.9 Å². The first-order chi connectivity index (χ1) is 12.0. The molecule has 0 saturated heterocycles. The fraction of sp³-hybridized carbons (Fsp3) is 0.316. The number of ether oxygens (including phenoxy) is 3. The molecule has 0 aliphatic rings. The van der Waals surface area contributed by atoms with Gasteiger partial charge in [-0.05, 0) is 36.6 Å². The predicted molar refractivity (Wildman–Crippen MR) is 99.8 cm³/mol. The van der Waals surface area contributed by atoms with Crippen molar-refractivity contribution >= 4 is 21.9 Å². The first-order valence-corrected chi connectivity index (χ1v) is 8.79. The zero-order chi connectivity index (χ0) is 18.2. The Morgan fingerprint density at radius 3 is 2.56 bits per heavy atom. The molecular weight excluding hydrogens is 386 g/mol. The molecule has 0 bridgehead atoms. The zero-order valence-corrected chi connectivity index (χ0v) is 15.9. The van der Waals surface area contributed by atoms with Gasteiger partial charge >= 0.3 is 5.97 Å². The van der Waals surface area contributed by atoms with E-state index in [2.05, 4.69) is 15.9 Å². The lowest BCUT2D eigenvalue weighted by Crippen LogP contribution is -2.34. The number of hydrogen-bond donors (Lipinski definition) is 1. The Hall–Kier alpha value is -2.05. The Morgan fingerprint density at radius 1 is 1.20 bits per heavy atom. The van der Waals surface area contributed by atoms with E-state index >= 15 is 0 Å². The molecule has 2 rings (SSSR count). The van der Waals surface area contributed by atoms with Crippen LogP contribution in [0.3, 0.4) is 0 Å². The van der Waals surface area contributed by atoms with Gasteiger partial charge in [0.15, 0.2) is 11.5 Å². The van der Waals surface area contributed by atoms with Gasteiger partial charge in [0.2, 0.25) is 0 Å². The third-order valence-electron chi connectivity index (χ3n) is 3.60. The normalized spacial score (nSPS) is 11.7. The first kappa shape index (κ1) is 19.3. The van der Waals surface area contributed by atoms with Crippen LogP contribution in [0, 0.1) is 0 Å². The van der Waals surface area contributed by atoms with Gasteiger partial charge in [0.05, 0.1) is 13.7 Å². The fourth-order valence-corrected chi connectivity index (χ4v) is 2.80. The third-order valence-corrected chi connectivity index (χ3v) is 4.34. The van der Waals surface area contributed by atoms with E-state index in [1.807, 2.05) is 42.5 Å². The number of esters is 1. The van der Waals surface area contributed by atoms with E-state index in [1.54, 1.807) is 14.0 Å². The molecule has 0 saturated carbocycles. The number of nitrogens with two attached hydrogens (primary N) is 1. The lowest BCUT2D eigenvalue weighted by Gasteiger charge is -2.16. The highest BCUT2D eigenvalue weighted by atomic mass is 79.9. The summed E-state index contributed by atoms with van der Waals surface area (Å²) in [5.41, 5.74) is 7.82. The number of carbonyl (C=O) groups excluding carboxylic acids is 1. The van der Waals surface area contributed by atoms with Gasteiger partial charge in [0.25, 0.3) is 0 Å². The Labute approximate surface area is 156 Å². The number of carbonyl (C=O) groups is 1. The van der Waals surface area contributed by atoms with Gasteiger partial charge in [-0.2, -0.15) is 0 Å². The molecule has 0 aliphatic heterocycles. The van der Waals surface area contributed by atoms with Gasteiger partial charge in [-0.1, -0.05) is 46.3 Å². The predicted octanol–water partition coefficient (Wildman–Crippen LogP) is 3.47. The van der Waals surface area contributed by atoms with Crippen LogP contribution in [0.5, 0.6) is 11.5 Å². The first-order valence-electron chi connectivity index (χ1n) is 8.00. The highest BCUT2D eigenvalue weighted by Gasteiger charge is 2.18. The summed E-state index contributed by atoms with van der Waals surface area (Å²) in [6.45, 7) is 2.50. The maximum Gasteiger partial charge on any atom is 0.323 e. The van der Waals surface area contributed by atoms with Crippen molar-refractivity contribution in [3.05, 3.63) is 58.1 Å². The van der Waals surface area contributed by atoms with Gasteiger partial charge in [-0.25, -0.2) is 0 Å². The summed E-state index contributed by atoms with van der Waals surface area (Å²) in [6.07, 6.45) is 0.342. The Morgan fingerprint density at radius 2 is 1.92 bits per heavy atom. The Kier molecular flexibility index (Phi) is 7.28. The quantitative estimate of drug-likeness (QED) is 0.678. The molecule has 0 aromatic heterocycles. The van der Waals surface area contributed by atoms with Crippen LogP contribution in [0.25, 0.3) is 0 Å². The maximum atomic E-state index is 11.7. The van der Waals surface area contributed by atoms with E-state index in [0.717, 1.165) is 15.6 Å². The highest BCUT2D eigenvalue weighted by molar-refractivity contribution is 9.10. The molecule has 0 aliphatic carbocycles.